The first-order valence-electron chi connectivity index (χ1n) is 13.1. The van der Waals surface area contributed by atoms with Crippen LogP contribution in [0.4, 0.5) is 18.9 Å². The summed E-state index contributed by atoms with van der Waals surface area (Å²) in [6.45, 7) is 4.88. The Morgan fingerprint density at radius 1 is 1.03 bits per heavy atom. The van der Waals surface area contributed by atoms with Crippen LogP contribution < -0.4 is 10.1 Å². The normalized spacial score (nSPS) is 18.2. The van der Waals surface area contributed by atoms with E-state index in [0.717, 1.165) is 64.0 Å². The maximum absolute atomic E-state index is 13.1. The third kappa shape index (κ3) is 7.11. The number of hydrogen-bond acceptors (Lipinski definition) is 3. The molecule has 2 aromatic rings. The number of alkyl halides is 3. The van der Waals surface area contributed by atoms with E-state index < -0.39 is 17.8 Å². The van der Waals surface area contributed by atoms with E-state index in [1.807, 2.05) is 47.1 Å². The molecule has 0 bridgehead atoms. The highest BCUT2D eigenvalue weighted by Crippen LogP contribution is 2.35. The molecule has 38 heavy (non-hydrogen) atoms. The molecule has 206 valence electrons. The average Bonchev–Trinajstić information content (AvgIpc) is 2.92. The van der Waals surface area contributed by atoms with Gasteiger partial charge in [-0.15, -0.1) is 0 Å². The van der Waals surface area contributed by atoms with Crippen molar-refractivity contribution in [3.8, 4) is 5.75 Å². The second-order valence-electron chi connectivity index (χ2n) is 9.94. The van der Waals surface area contributed by atoms with Crippen LogP contribution >= 0.6 is 23.8 Å². The molecule has 2 saturated heterocycles. The number of halogens is 4. The van der Waals surface area contributed by atoms with Gasteiger partial charge in [0.15, 0.2) is 11.2 Å². The summed E-state index contributed by atoms with van der Waals surface area (Å²) in [5.74, 6) is 1.83. The van der Waals surface area contributed by atoms with Crippen molar-refractivity contribution in [1.82, 2.24) is 9.80 Å². The van der Waals surface area contributed by atoms with E-state index in [0.29, 0.717) is 29.1 Å². The van der Waals surface area contributed by atoms with Crippen LogP contribution in [0.15, 0.2) is 48.5 Å². The lowest BCUT2D eigenvalue weighted by Crippen LogP contribution is -2.48. The molecular formula is C28H33ClF3N3O2S. The van der Waals surface area contributed by atoms with Crippen molar-refractivity contribution in [3.63, 3.8) is 0 Å². The minimum Gasteiger partial charge on any atom is -0.481 e. The van der Waals surface area contributed by atoms with Crippen LogP contribution in [0.1, 0.15) is 44.6 Å². The molecule has 2 aliphatic heterocycles. The number of nitrogens with one attached hydrogen (secondary N) is 1. The molecular weight excluding hydrogens is 535 g/mol. The maximum atomic E-state index is 13.1. The summed E-state index contributed by atoms with van der Waals surface area (Å²) in [7, 11) is 0. The van der Waals surface area contributed by atoms with Crippen molar-refractivity contribution in [2.75, 3.05) is 31.5 Å². The van der Waals surface area contributed by atoms with Crippen molar-refractivity contribution in [2.24, 2.45) is 11.8 Å². The number of carbonyl (C=O) groups is 1. The number of anilines is 1. The number of rotatable bonds is 6. The predicted molar refractivity (Wildman–Crippen MR) is 147 cm³/mol. The van der Waals surface area contributed by atoms with Gasteiger partial charge in [-0.1, -0.05) is 36.7 Å². The number of benzene rings is 2. The Hall–Kier alpha value is -2.52. The number of likely N-dealkylation sites (tertiary alicyclic amines) is 2. The molecule has 5 nitrogen and oxygen atoms in total. The van der Waals surface area contributed by atoms with Crippen molar-refractivity contribution in [1.29, 1.82) is 0 Å². The number of amides is 1. The lowest BCUT2D eigenvalue weighted by atomic mass is 9.79. The molecule has 10 heteroatoms. The van der Waals surface area contributed by atoms with Gasteiger partial charge in [0.2, 0.25) is 0 Å². The van der Waals surface area contributed by atoms with Gasteiger partial charge in [0, 0.05) is 26.2 Å². The van der Waals surface area contributed by atoms with Gasteiger partial charge < -0.3 is 19.9 Å². The van der Waals surface area contributed by atoms with Crippen molar-refractivity contribution in [2.45, 2.75) is 51.3 Å². The monoisotopic (exact) mass is 567 g/mol. The molecule has 2 fully saturated rings. The van der Waals surface area contributed by atoms with E-state index in [2.05, 4.69) is 5.32 Å². The van der Waals surface area contributed by atoms with Gasteiger partial charge in [-0.2, -0.15) is 13.2 Å². The van der Waals surface area contributed by atoms with Gasteiger partial charge >= 0.3 is 6.18 Å². The topological polar surface area (TPSA) is 44.8 Å². The first-order valence-corrected chi connectivity index (χ1v) is 13.9. The van der Waals surface area contributed by atoms with Crippen LogP contribution in [0.5, 0.6) is 5.75 Å². The van der Waals surface area contributed by atoms with Crippen molar-refractivity contribution >= 4 is 40.5 Å². The third-order valence-corrected chi connectivity index (χ3v) is 8.24. The summed E-state index contributed by atoms with van der Waals surface area (Å²) >= 11 is 11.6. The zero-order valence-corrected chi connectivity index (χ0v) is 22.9. The lowest BCUT2D eigenvalue weighted by molar-refractivity contribution is -0.140. The number of thiocarbonyl (C=S) groups is 1. The Balaban J connectivity index is 1.24. The highest BCUT2D eigenvalue weighted by Gasteiger charge is 2.34. The van der Waals surface area contributed by atoms with E-state index in [-0.39, 0.29) is 16.6 Å². The van der Waals surface area contributed by atoms with Gasteiger partial charge in [0.05, 0.1) is 16.3 Å². The van der Waals surface area contributed by atoms with Gasteiger partial charge in [-0.25, -0.2) is 0 Å². The molecule has 1 amide bonds. The molecule has 0 aromatic heterocycles. The number of nitrogens with zero attached hydrogens (tertiary/aromatic N) is 2. The van der Waals surface area contributed by atoms with Crippen molar-refractivity contribution < 1.29 is 22.7 Å². The van der Waals surface area contributed by atoms with Crippen LogP contribution in [0.2, 0.25) is 5.02 Å². The molecule has 2 aliphatic rings. The van der Waals surface area contributed by atoms with E-state index in [9.17, 15) is 18.0 Å². The van der Waals surface area contributed by atoms with Crippen LogP contribution in [-0.4, -0.2) is 53.1 Å². The van der Waals surface area contributed by atoms with Crippen LogP contribution in [-0.2, 0) is 11.0 Å². The molecule has 0 aliphatic carbocycles. The number of hydrogen-bond donors (Lipinski definition) is 1. The van der Waals surface area contributed by atoms with Gasteiger partial charge in [0.25, 0.3) is 5.91 Å². The zero-order valence-electron chi connectivity index (χ0n) is 21.3. The molecule has 0 spiro atoms. The van der Waals surface area contributed by atoms with Crippen LogP contribution in [0.25, 0.3) is 0 Å². The van der Waals surface area contributed by atoms with Gasteiger partial charge in [-0.05, 0) is 86.5 Å². The number of ether oxygens (including phenoxy) is 1. The highest BCUT2D eigenvalue weighted by molar-refractivity contribution is 7.80. The fraction of sp³-hybridized carbons (Fsp3) is 0.500. The Labute approximate surface area is 232 Å². The highest BCUT2D eigenvalue weighted by atomic mass is 35.5. The predicted octanol–water partition coefficient (Wildman–Crippen LogP) is 6.86. The second-order valence-corrected chi connectivity index (χ2v) is 10.7. The molecule has 4 rings (SSSR count). The summed E-state index contributed by atoms with van der Waals surface area (Å²) in [6.07, 6.45) is -0.492. The number of carbonyl (C=O) groups excluding carboxylic acids is 1. The van der Waals surface area contributed by atoms with E-state index in [1.165, 1.54) is 6.07 Å². The first-order chi connectivity index (χ1) is 18.2. The molecule has 0 saturated carbocycles. The SMILES string of the molecule is CCC(Oc1ccccc1)C(=O)N1CCC(C2CCN(C(=S)Nc3cc(C(F)(F)F)ccc3Cl)CC2)CC1. The molecule has 1 unspecified atom stereocenters. The third-order valence-electron chi connectivity index (χ3n) is 7.55. The van der Waals surface area contributed by atoms with Crippen molar-refractivity contribution in [3.05, 3.63) is 59.1 Å². The zero-order chi connectivity index (χ0) is 27.3. The standard InChI is InChI=1S/C28H33ClF3N3O2S/c1-2-25(37-22-6-4-3-5-7-22)26(36)34-14-10-19(11-15-34)20-12-16-35(17-13-20)27(38)33-24-18-21(28(30,31)32)8-9-23(24)29/h3-9,18-20,25H,2,10-17H2,1H3,(H,33,38). The fourth-order valence-electron chi connectivity index (χ4n) is 5.33. The Morgan fingerprint density at radius 3 is 2.16 bits per heavy atom. The van der Waals surface area contributed by atoms with E-state index >= 15 is 0 Å². The molecule has 2 heterocycles. The summed E-state index contributed by atoms with van der Waals surface area (Å²) in [5.41, 5.74) is -0.611. The summed E-state index contributed by atoms with van der Waals surface area (Å²) < 4.78 is 45.2. The maximum Gasteiger partial charge on any atom is 0.416 e. The molecule has 2 aromatic carbocycles. The second kappa shape index (κ2) is 12.6. The smallest absolute Gasteiger partial charge is 0.416 e. The molecule has 1 N–H and O–H groups in total. The minimum atomic E-state index is -4.45. The first kappa shape index (κ1) is 28.5. The van der Waals surface area contributed by atoms with Crippen LogP contribution in [0, 0.1) is 11.8 Å². The van der Waals surface area contributed by atoms with Crippen LogP contribution in [0.3, 0.4) is 0 Å². The minimum absolute atomic E-state index is 0.0503. The summed E-state index contributed by atoms with van der Waals surface area (Å²) in [4.78, 5) is 17.0. The Kier molecular flexibility index (Phi) is 9.41. The average molecular weight is 568 g/mol. The van der Waals surface area contributed by atoms with E-state index in [1.54, 1.807) is 0 Å². The fourth-order valence-corrected chi connectivity index (χ4v) is 5.79. The van der Waals surface area contributed by atoms with Gasteiger partial charge in [-0.3, -0.25) is 4.79 Å². The molecule has 1 atom stereocenters. The van der Waals surface area contributed by atoms with E-state index in [4.69, 9.17) is 28.6 Å². The summed E-state index contributed by atoms with van der Waals surface area (Å²) in [5, 5.41) is 3.48. The lowest BCUT2D eigenvalue weighted by Gasteiger charge is -2.41. The Bertz CT molecular complexity index is 1100. The number of piperidine rings is 2. The quantitative estimate of drug-likeness (QED) is 0.386. The Morgan fingerprint density at radius 2 is 1.61 bits per heavy atom. The van der Waals surface area contributed by atoms with Gasteiger partial charge in [0.1, 0.15) is 5.75 Å². The molecule has 0 radical (unpaired) electrons. The number of para-hydroxylation sites is 1. The largest absolute Gasteiger partial charge is 0.481 e. The summed E-state index contributed by atoms with van der Waals surface area (Å²) in [6, 6.07) is 12.6.